The fraction of sp³-hybridized carbons (Fsp3) is 0.906. The van der Waals surface area contributed by atoms with Crippen LogP contribution in [0, 0.1) is 0 Å². The van der Waals surface area contributed by atoms with Crippen LogP contribution in [0.1, 0.15) is 245 Å². The van der Waals surface area contributed by atoms with Gasteiger partial charge in [-0.3, -0.25) is 4.79 Å². The molecule has 0 amide bonds. The van der Waals surface area contributed by atoms with Crippen molar-refractivity contribution in [3.05, 3.63) is 24.3 Å². The van der Waals surface area contributed by atoms with E-state index in [1.807, 2.05) is 0 Å². The van der Waals surface area contributed by atoms with Crippen LogP contribution >= 0.6 is 0 Å². The van der Waals surface area contributed by atoms with Crippen LogP contribution in [0.25, 0.3) is 0 Å². The summed E-state index contributed by atoms with van der Waals surface area (Å²) in [6.45, 7) is 4.59. The quantitative estimate of drug-likeness (QED) is 0.0268. The predicted molar refractivity (Wildman–Crippen MR) is 256 cm³/mol. The monoisotopic (exact) mass is 881 g/mol. The molecule has 0 saturated carbocycles. The Morgan fingerprint density at radius 3 is 1.39 bits per heavy atom. The number of esters is 1. The topological polar surface area (TPSA) is 135 Å². The molecule has 9 heteroatoms. The summed E-state index contributed by atoms with van der Waals surface area (Å²) in [4.78, 5) is 12.8. The highest BCUT2D eigenvalue weighted by Gasteiger charge is 2.44. The van der Waals surface area contributed by atoms with E-state index in [-0.39, 0.29) is 19.2 Å². The summed E-state index contributed by atoms with van der Waals surface area (Å²) in [6.07, 6.45) is 46.4. The summed E-state index contributed by atoms with van der Waals surface area (Å²) in [7, 11) is 0. The second-order valence-corrected chi connectivity index (χ2v) is 18.3. The van der Waals surface area contributed by atoms with Gasteiger partial charge in [0.25, 0.3) is 0 Å². The number of hydrogen-bond donors (Lipinski definition) is 4. The van der Waals surface area contributed by atoms with Crippen molar-refractivity contribution < 1.29 is 44.2 Å². The highest BCUT2D eigenvalue weighted by atomic mass is 16.7. The van der Waals surface area contributed by atoms with Crippen LogP contribution in [0.15, 0.2) is 24.3 Å². The maximum Gasteiger partial charge on any atom is 0.306 e. The molecule has 0 bridgehead atoms. The van der Waals surface area contributed by atoms with Crippen LogP contribution < -0.4 is 0 Å². The summed E-state index contributed by atoms with van der Waals surface area (Å²) in [5, 5.41) is 40.2. The lowest BCUT2D eigenvalue weighted by molar-refractivity contribution is -0.305. The van der Waals surface area contributed by atoms with Gasteiger partial charge >= 0.3 is 5.97 Å². The predicted octanol–water partition coefficient (Wildman–Crippen LogP) is 12.9. The highest BCUT2D eigenvalue weighted by Crippen LogP contribution is 2.23. The Morgan fingerprint density at radius 1 is 0.516 bits per heavy atom. The molecule has 0 radical (unpaired) electrons. The molecule has 366 valence electrons. The molecular formula is C53H100O9. The van der Waals surface area contributed by atoms with Crippen molar-refractivity contribution in [3.8, 4) is 0 Å². The number of carbonyl (C=O) groups excluding carboxylic acids is 1. The third kappa shape index (κ3) is 35.0. The van der Waals surface area contributed by atoms with Crippen LogP contribution in [-0.4, -0.2) is 89.6 Å². The lowest BCUT2D eigenvalue weighted by atomic mass is 9.99. The standard InChI is InChI=1S/C53H100O9/c1-3-5-7-9-11-13-15-17-19-20-21-22-23-24-25-26-27-28-29-30-32-34-36-38-40-42-49(55)61-47(46-60-53-52(58)51(57)50(56)48(44-54)62-53)45-59-43-41-39-37-35-33-31-18-16-14-12-10-8-6-4-2/h15,17,20-21,47-48,50-54,56-58H,3-14,16,18-19,22-46H2,1-2H3/b17-15-,21-20-. The van der Waals surface area contributed by atoms with Crippen LogP contribution in [-0.2, 0) is 23.7 Å². The van der Waals surface area contributed by atoms with Crippen LogP contribution in [0.2, 0.25) is 0 Å². The number of allylic oxidation sites excluding steroid dienone is 4. The van der Waals surface area contributed by atoms with Crippen molar-refractivity contribution in [2.75, 3.05) is 26.4 Å². The van der Waals surface area contributed by atoms with E-state index in [1.165, 1.54) is 186 Å². The normalized spacial score (nSPS) is 19.9. The smallest absolute Gasteiger partial charge is 0.306 e. The van der Waals surface area contributed by atoms with Gasteiger partial charge in [-0.2, -0.15) is 0 Å². The Kier molecular flexibility index (Phi) is 42.5. The Morgan fingerprint density at radius 2 is 0.935 bits per heavy atom. The molecule has 62 heavy (non-hydrogen) atoms. The van der Waals surface area contributed by atoms with Crippen molar-refractivity contribution in [1.82, 2.24) is 0 Å². The van der Waals surface area contributed by atoms with Gasteiger partial charge in [-0.25, -0.2) is 0 Å². The molecule has 1 saturated heterocycles. The summed E-state index contributed by atoms with van der Waals surface area (Å²) < 4.78 is 22.9. The van der Waals surface area contributed by atoms with Crippen molar-refractivity contribution in [3.63, 3.8) is 0 Å². The second-order valence-electron chi connectivity index (χ2n) is 18.3. The molecule has 1 aliphatic rings. The maximum absolute atomic E-state index is 12.8. The van der Waals surface area contributed by atoms with Crippen molar-refractivity contribution >= 4 is 5.97 Å². The van der Waals surface area contributed by atoms with E-state index in [0.717, 1.165) is 38.5 Å². The molecule has 0 spiro atoms. The molecule has 6 unspecified atom stereocenters. The molecule has 0 aromatic carbocycles. The zero-order valence-corrected chi connectivity index (χ0v) is 40.4. The van der Waals surface area contributed by atoms with Crippen LogP contribution in [0.4, 0.5) is 0 Å². The summed E-state index contributed by atoms with van der Waals surface area (Å²) in [5.74, 6) is -0.310. The first-order valence-corrected chi connectivity index (χ1v) is 26.4. The fourth-order valence-electron chi connectivity index (χ4n) is 8.23. The third-order valence-electron chi connectivity index (χ3n) is 12.4. The van der Waals surface area contributed by atoms with Crippen molar-refractivity contribution in [2.24, 2.45) is 0 Å². The van der Waals surface area contributed by atoms with Gasteiger partial charge in [0.1, 0.15) is 30.5 Å². The first-order chi connectivity index (χ1) is 30.4. The zero-order valence-electron chi connectivity index (χ0n) is 40.4. The van der Waals surface area contributed by atoms with Gasteiger partial charge in [-0.05, 0) is 44.9 Å². The number of aliphatic hydroxyl groups is 4. The minimum absolute atomic E-state index is 0.109. The Hall–Kier alpha value is -1.33. The molecule has 6 atom stereocenters. The van der Waals surface area contributed by atoms with Crippen molar-refractivity contribution in [1.29, 1.82) is 0 Å². The molecule has 1 aliphatic heterocycles. The van der Waals surface area contributed by atoms with Gasteiger partial charge in [0.2, 0.25) is 0 Å². The molecule has 0 aromatic heterocycles. The van der Waals surface area contributed by atoms with Crippen LogP contribution in [0.5, 0.6) is 0 Å². The Labute approximate surface area is 381 Å². The average molecular weight is 881 g/mol. The zero-order chi connectivity index (χ0) is 45.0. The summed E-state index contributed by atoms with van der Waals surface area (Å²) in [6, 6.07) is 0. The van der Waals surface area contributed by atoms with E-state index in [2.05, 4.69) is 38.2 Å². The Bertz CT molecular complexity index is 1000. The van der Waals surface area contributed by atoms with E-state index >= 15 is 0 Å². The first-order valence-electron chi connectivity index (χ1n) is 26.4. The lowest BCUT2D eigenvalue weighted by Crippen LogP contribution is -2.59. The molecule has 1 heterocycles. The third-order valence-corrected chi connectivity index (χ3v) is 12.4. The molecule has 0 aliphatic carbocycles. The molecule has 1 rings (SSSR count). The van der Waals surface area contributed by atoms with Gasteiger partial charge in [-0.1, -0.05) is 218 Å². The second kappa shape index (κ2) is 44.9. The molecule has 9 nitrogen and oxygen atoms in total. The van der Waals surface area contributed by atoms with E-state index in [1.54, 1.807) is 0 Å². The van der Waals surface area contributed by atoms with E-state index in [0.29, 0.717) is 13.0 Å². The maximum atomic E-state index is 12.8. The minimum atomic E-state index is -1.53. The van der Waals surface area contributed by atoms with E-state index in [9.17, 15) is 25.2 Å². The van der Waals surface area contributed by atoms with Gasteiger partial charge in [-0.15, -0.1) is 0 Å². The lowest BCUT2D eigenvalue weighted by Gasteiger charge is -2.39. The molecule has 0 aromatic rings. The number of aliphatic hydroxyl groups excluding tert-OH is 4. The van der Waals surface area contributed by atoms with E-state index < -0.39 is 43.4 Å². The average Bonchev–Trinajstić information content (AvgIpc) is 3.27. The summed E-state index contributed by atoms with van der Waals surface area (Å²) in [5.41, 5.74) is 0. The van der Waals surface area contributed by atoms with Crippen molar-refractivity contribution in [2.45, 2.75) is 282 Å². The van der Waals surface area contributed by atoms with Crippen LogP contribution in [0.3, 0.4) is 0 Å². The first kappa shape index (κ1) is 58.7. The molecule has 1 fully saturated rings. The molecular weight excluding hydrogens is 781 g/mol. The van der Waals surface area contributed by atoms with Gasteiger partial charge < -0.3 is 39.4 Å². The number of hydrogen-bond acceptors (Lipinski definition) is 9. The van der Waals surface area contributed by atoms with Gasteiger partial charge in [0.15, 0.2) is 6.29 Å². The minimum Gasteiger partial charge on any atom is -0.457 e. The summed E-state index contributed by atoms with van der Waals surface area (Å²) >= 11 is 0. The number of carbonyl (C=O) groups is 1. The van der Waals surface area contributed by atoms with Gasteiger partial charge in [0.05, 0.1) is 19.8 Å². The number of ether oxygens (including phenoxy) is 4. The number of rotatable bonds is 46. The molecule has 4 N–H and O–H groups in total. The largest absolute Gasteiger partial charge is 0.457 e. The van der Waals surface area contributed by atoms with Gasteiger partial charge in [0, 0.05) is 13.0 Å². The number of unbranched alkanes of at least 4 members (excludes halogenated alkanes) is 31. The Balaban J connectivity index is 2.15. The van der Waals surface area contributed by atoms with E-state index in [4.69, 9.17) is 18.9 Å². The highest BCUT2D eigenvalue weighted by molar-refractivity contribution is 5.69. The SMILES string of the molecule is CCCCCCC/C=C\C/C=C\CCCCCCCCCCCCCCCC(=O)OC(COCCCCCCCCCCCCCCCC)COC1OC(CO)C(O)C(O)C1O. The fourth-order valence-corrected chi connectivity index (χ4v) is 8.23.